The van der Waals surface area contributed by atoms with Gasteiger partial charge in [0.1, 0.15) is 6.42 Å². The normalized spacial score (nSPS) is 19.9. The van der Waals surface area contributed by atoms with Gasteiger partial charge in [0.25, 0.3) is 0 Å². The van der Waals surface area contributed by atoms with Crippen molar-refractivity contribution in [3.05, 3.63) is 71.8 Å². The first-order valence-electron chi connectivity index (χ1n) is 12.0. The van der Waals surface area contributed by atoms with E-state index in [0.29, 0.717) is 38.5 Å². The van der Waals surface area contributed by atoms with Gasteiger partial charge in [0, 0.05) is 0 Å². The summed E-state index contributed by atoms with van der Waals surface area (Å²) in [4.78, 5) is 25.5. The Kier molecular flexibility index (Phi) is 7.15. The molecule has 2 amide bonds. The van der Waals surface area contributed by atoms with Gasteiger partial charge in [-0.05, 0) is 62.5 Å². The van der Waals surface area contributed by atoms with Crippen LogP contribution in [0.15, 0.2) is 60.7 Å². The van der Waals surface area contributed by atoms with Gasteiger partial charge in [-0.1, -0.05) is 60.7 Å². The largest absolute Gasteiger partial charge is 0.388 e. The minimum atomic E-state index is -0.932. The first-order valence-corrected chi connectivity index (χ1v) is 12.0. The lowest BCUT2D eigenvalue weighted by Crippen LogP contribution is -2.59. The quantitative estimate of drug-likeness (QED) is 0.418. The van der Waals surface area contributed by atoms with E-state index in [1.807, 2.05) is 60.7 Å². The average Bonchev–Trinajstić information content (AvgIpc) is 2.76. The van der Waals surface area contributed by atoms with Crippen LogP contribution in [-0.2, 0) is 22.4 Å². The molecule has 2 aromatic carbocycles. The van der Waals surface area contributed by atoms with Crippen molar-refractivity contribution in [2.45, 2.75) is 81.1 Å². The predicted molar refractivity (Wildman–Crippen MR) is 126 cm³/mol. The zero-order valence-electron chi connectivity index (χ0n) is 19.0. The van der Waals surface area contributed by atoms with E-state index in [9.17, 15) is 19.8 Å². The molecule has 2 saturated carbocycles. The number of rotatable bonds is 10. The number of aliphatic hydroxyl groups is 2. The first-order chi connectivity index (χ1) is 15.9. The molecule has 0 radical (unpaired) electrons. The Morgan fingerprint density at radius 3 is 1.36 bits per heavy atom. The first kappa shape index (κ1) is 23.5. The van der Waals surface area contributed by atoms with Gasteiger partial charge in [0.2, 0.25) is 11.8 Å². The highest BCUT2D eigenvalue weighted by Crippen LogP contribution is 2.37. The molecule has 6 nitrogen and oxygen atoms in total. The Hall–Kier alpha value is -2.70. The molecule has 2 aliphatic rings. The number of hydrogen-bond donors (Lipinski definition) is 4. The summed E-state index contributed by atoms with van der Waals surface area (Å²) in [6.07, 6.45) is 5.12. The van der Waals surface area contributed by atoms with Gasteiger partial charge in [0.15, 0.2) is 0 Å². The number of amides is 2. The summed E-state index contributed by atoms with van der Waals surface area (Å²) in [5, 5.41) is 27.7. The lowest BCUT2D eigenvalue weighted by molar-refractivity contribution is -0.135. The zero-order valence-corrected chi connectivity index (χ0v) is 19.0. The highest BCUT2D eigenvalue weighted by molar-refractivity contribution is 5.97. The lowest BCUT2D eigenvalue weighted by Gasteiger charge is -2.44. The Bertz CT molecular complexity index is 862. The maximum atomic E-state index is 12.8. The lowest BCUT2D eigenvalue weighted by atomic mass is 9.72. The molecule has 2 fully saturated rings. The van der Waals surface area contributed by atoms with Crippen molar-refractivity contribution in [3.63, 3.8) is 0 Å². The van der Waals surface area contributed by atoms with Crippen LogP contribution in [-0.4, -0.2) is 45.3 Å². The topological polar surface area (TPSA) is 98.7 Å². The van der Waals surface area contributed by atoms with Crippen LogP contribution in [0.3, 0.4) is 0 Å². The third-order valence-electron chi connectivity index (χ3n) is 7.29. The average molecular weight is 451 g/mol. The summed E-state index contributed by atoms with van der Waals surface area (Å²) in [6, 6.07) is 18.6. The summed E-state index contributed by atoms with van der Waals surface area (Å²) in [6.45, 7) is 0. The molecule has 0 aromatic heterocycles. The third-order valence-corrected chi connectivity index (χ3v) is 7.29. The minimum absolute atomic E-state index is 0.331. The van der Waals surface area contributed by atoms with E-state index in [2.05, 4.69) is 10.6 Å². The van der Waals surface area contributed by atoms with Gasteiger partial charge in [-0.25, -0.2) is 0 Å². The van der Waals surface area contributed by atoms with Gasteiger partial charge >= 0.3 is 0 Å². The van der Waals surface area contributed by atoms with Crippen molar-refractivity contribution in [1.82, 2.24) is 10.6 Å². The number of nitrogens with one attached hydrogen (secondary N) is 2. The van der Waals surface area contributed by atoms with E-state index >= 15 is 0 Å². The molecular weight excluding hydrogens is 416 g/mol. The van der Waals surface area contributed by atoms with Crippen LogP contribution in [0.4, 0.5) is 0 Å². The molecular formula is C27H34N2O4. The smallest absolute Gasteiger partial charge is 0.229 e. The van der Waals surface area contributed by atoms with Crippen LogP contribution >= 0.6 is 0 Å². The Morgan fingerprint density at radius 1 is 0.697 bits per heavy atom. The maximum absolute atomic E-state index is 12.8. The predicted octanol–water partition coefficient (Wildman–Crippen LogP) is 2.66. The van der Waals surface area contributed by atoms with E-state index in [-0.39, 0.29) is 6.42 Å². The molecule has 0 spiro atoms. The molecule has 2 atom stereocenters. The van der Waals surface area contributed by atoms with E-state index < -0.39 is 35.1 Å². The fraction of sp³-hybridized carbons (Fsp3) is 0.481. The number of hydrogen-bond acceptors (Lipinski definition) is 4. The van der Waals surface area contributed by atoms with E-state index in [0.717, 1.165) is 24.0 Å². The molecule has 6 heteroatoms. The van der Waals surface area contributed by atoms with Crippen LogP contribution in [0, 0.1) is 0 Å². The van der Waals surface area contributed by atoms with E-state index in [1.54, 1.807) is 0 Å². The zero-order chi connectivity index (χ0) is 23.3. The monoisotopic (exact) mass is 450 g/mol. The van der Waals surface area contributed by atoms with Crippen LogP contribution in [0.25, 0.3) is 0 Å². The van der Waals surface area contributed by atoms with Gasteiger partial charge in [-0.3, -0.25) is 9.59 Å². The van der Waals surface area contributed by atoms with Gasteiger partial charge in [0.05, 0.1) is 23.3 Å². The second-order valence-electron chi connectivity index (χ2n) is 9.71. The fourth-order valence-electron chi connectivity index (χ4n) is 4.86. The third kappa shape index (κ3) is 5.81. The fourth-order valence-corrected chi connectivity index (χ4v) is 4.86. The van der Waals surface area contributed by atoms with Crippen molar-refractivity contribution in [2.75, 3.05) is 0 Å². The standard InChI is InChI=1S/C27H34N2O4/c30-24(28-22(26(32)13-7-14-26)17-20-9-3-1-4-10-20)19-25(31)29-23(27(33)15-8-16-27)18-21-11-5-2-6-12-21/h1-6,9-12,22-23,32-33H,7-8,13-19H2,(H,28,30)(H,29,31)/t22-,23-/m1/s1. The molecule has 4 N–H and O–H groups in total. The summed E-state index contributed by atoms with van der Waals surface area (Å²) >= 11 is 0. The molecule has 176 valence electrons. The second kappa shape index (κ2) is 10.1. The van der Waals surface area contributed by atoms with Crippen LogP contribution in [0.1, 0.15) is 56.1 Å². The van der Waals surface area contributed by atoms with Crippen molar-refractivity contribution >= 4 is 11.8 Å². The molecule has 0 heterocycles. The van der Waals surface area contributed by atoms with Crippen LogP contribution < -0.4 is 10.6 Å². The van der Waals surface area contributed by atoms with Crippen LogP contribution in [0.5, 0.6) is 0 Å². The maximum Gasteiger partial charge on any atom is 0.229 e. The summed E-state index contributed by atoms with van der Waals surface area (Å²) in [5.41, 5.74) is 0.197. The van der Waals surface area contributed by atoms with Crippen molar-refractivity contribution < 1.29 is 19.8 Å². The van der Waals surface area contributed by atoms with Crippen molar-refractivity contribution in [3.8, 4) is 0 Å². The molecule has 0 saturated heterocycles. The summed E-state index contributed by atoms with van der Waals surface area (Å²) in [5.74, 6) is -0.819. The molecule has 0 bridgehead atoms. The highest BCUT2D eigenvalue weighted by Gasteiger charge is 2.44. The molecule has 0 aliphatic heterocycles. The highest BCUT2D eigenvalue weighted by atomic mass is 16.3. The molecule has 2 aromatic rings. The Morgan fingerprint density at radius 2 is 1.06 bits per heavy atom. The molecule has 0 unspecified atom stereocenters. The van der Waals surface area contributed by atoms with Crippen molar-refractivity contribution in [1.29, 1.82) is 0 Å². The number of benzene rings is 2. The van der Waals surface area contributed by atoms with Gasteiger partial charge in [-0.2, -0.15) is 0 Å². The Labute approximate surface area is 195 Å². The van der Waals surface area contributed by atoms with Crippen LogP contribution in [0.2, 0.25) is 0 Å². The van der Waals surface area contributed by atoms with E-state index in [1.165, 1.54) is 0 Å². The second-order valence-corrected chi connectivity index (χ2v) is 9.71. The molecule has 4 rings (SSSR count). The molecule has 33 heavy (non-hydrogen) atoms. The Balaban J connectivity index is 1.37. The number of carbonyl (C=O) groups is 2. The summed E-state index contributed by atoms with van der Waals surface area (Å²) < 4.78 is 0. The van der Waals surface area contributed by atoms with Crippen molar-refractivity contribution in [2.24, 2.45) is 0 Å². The van der Waals surface area contributed by atoms with Gasteiger partial charge < -0.3 is 20.8 Å². The minimum Gasteiger partial charge on any atom is -0.388 e. The SMILES string of the molecule is O=C(CC(=O)N[C@H](Cc1ccccc1)C1(O)CCC1)N[C@H](Cc1ccccc1)C1(O)CCC1. The van der Waals surface area contributed by atoms with Gasteiger partial charge in [-0.15, -0.1) is 0 Å². The summed E-state index contributed by atoms with van der Waals surface area (Å²) in [7, 11) is 0. The number of carbonyl (C=O) groups excluding carboxylic acids is 2. The van der Waals surface area contributed by atoms with E-state index in [4.69, 9.17) is 0 Å². The molecule has 2 aliphatic carbocycles.